The van der Waals surface area contributed by atoms with Crippen LogP contribution in [0.25, 0.3) is 22.3 Å². The van der Waals surface area contributed by atoms with Crippen molar-refractivity contribution in [2.24, 2.45) is 0 Å². The molecule has 0 aliphatic carbocycles. The molecule has 2 heterocycles. The van der Waals surface area contributed by atoms with E-state index in [1.807, 2.05) is 30.3 Å². The third-order valence-corrected chi connectivity index (χ3v) is 4.37. The van der Waals surface area contributed by atoms with Gasteiger partial charge in [-0.1, -0.05) is 35.3 Å². The summed E-state index contributed by atoms with van der Waals surface area (Å²) in [6.07, 6.45) is 1.50. The van der Waals surface area contributed by atoms with Crippen LogP contribution in [0.5, 0.6) is 5.75 Å². The summed E-state index contributed by atoms with van der Waals surface area (Å²) < 4.78 is 5.30. The molecule has 2 aromatic heterocycles. The fourth-order valence-electron chi connectivity index (χ4n) is 2.75. The van der Waals surface area contributed by atoms with Crippen molar-refractivity contribution in [2.45, 2.75) is 0 Å². The first-order valence-corrected chi connectivity index (χ1v) is 8.59. The second-order valence-electron chi connectivity index (χ2n) is 5.68. The molecule has 5 nitrogen and oxygen atoms in total. The van der Waals surface area contributed by atoms with Gasteiger partial charge in [0.1, 0.15) is 23.5 Å². The molecule has 0 aliphatic heterocycles. The first-order chi connectivity index (χ1) is 12.6. The highest BCUT2D eigenvalue weighted by Crippen LogP contribution is 2.31. The topological polar surface area (TPSA) is 62.8 Å². The molecule has 0 amide bonds. The van der Waals surface area contributed by atoms with Crippen molar-refractivity contribution < 1.29 is 4.74 Å². The molecule has 4 aromatic rings. The van der Waals surface area contributed by atoms with Gasteiger partial charge < -0.3 is 15.0 Å². The van der Waals surface area contributed by atoms with E-state index in [0.29, 0.717) is 15.9 Å². The molecule has 0 aliphatic rings. The minimum absolute atomic E-state index is 0.552. The van der Waals surface area contributed by atoms with Gasteiger partial charge in [0.15, 0.2) is 0 Å². The Hall–Kier alpha value is -2.76. The molecule has 26 heavy (non-hydrogen) atoms. The molecule has 2 aromatic carbocycles. The van der Waals surface area contributed by atoms with Crippen molar-refractivity contribution in [3.05, 3.63) is 64.9 Å². The van der Waals surface area contributed by atoms with Crippen molar-refractivity contribution in [3.8, 4) is 17.0 Å². The fourth-order valence-corrected chi connectivity index (χ4v) is 3.27. The Balaban J connectivity index is 1.76. The van der Waals surface area contributed by atoms with E-state index in [-0.39, 0.29) is 0 Å². The van der Waals surface area contributed by atoms with Crippen LogP contribution in [-0.2, 0) is 0 Å². The third kappa shape index (κ3) is 3.31. The maximum Gasteiger partial charge on any atom is 0.143 e. The molecule has 130 valence electrons. The molecular formula is C19H14Cl2N4O. The van der Waals surface area contributed by atoms with Crippen LogP contribution in [0.15, 0.2) is 54.9 Å². The smallest absolute Gasteiger partial charge is 0.143 e. The summed E-state index contributed by atoms with van der Waals surface area (Å²) in [5.41, 5.74) is 3.41. The molecule has 0 spiro atoms. The molecule has 0 unspecified atom stereocenters. The first-order valence-electron chi connectivity index (χ1n) is 7.83. The number of fused-ring (bicyclic) bond motifs is 1. The number of benzene rings is 2. The average Bonchev–Trinajstić information content (AvgIpc) is 3.06. The van der Waals surface area contributed by atoms with Gasteiger partial charge in [0.2, 0.25) is 0 Å². The van der Waals surface area contributed by atoms with Gasteiger partial charge in [-0.15, -0.1) is 0 Å². The number of anilines is 2. The summed E-state index contributed by atoms with van der Waals surface area (Å²) in [6, 6.07) is 15.1. The lowest BCUT2D eigenvalue weighted by Gasteiger charge is -2.07. The number of aromatic amines is 1. The number of H-pyrrole nitrogens is 1. The predicted molar refractivity (Wildman–Crippen MR) is 106 cm³/mol. The monoisotopic (exact) mass is 384 g/mol. The van der Waals surface area contributed by atoms with Gasteiger partial charge in [0.25, 0.3) is 0 Å². The lowest BCUT2D eigenvalue weighted by Crippen LogP contribution is -1.95. The zero-order valence-electron chi connectivity index (χ0n) is 13.8. The minimum atomic E-state index is 0.552. The highest BCUT2D eigenvalue weighted by molar-refractivity contribution is 6.35. The molecule has 7 heteroatoms. The summed E-state index contributed by atoms with van der Waals surface area (Å²) in [4.78, 5) is 12.0. The van der Waals surface area contributed by atoms with Crippen LogP contribution in [-0.4, -0.2) is 22.1 Å². The van der Waals surface area contributed by atoms with Crippen LogP contribution in [0.4, 0.5) is 11.5 Å². The van der Waals surface area contributed by atoms with Gasteiger partial charge in [-0.2, -0.15) is 0 Å². The second-order valence-corrected chi connectivity index (χ2v) is 6.56. The van der Waals surface area contributed by atoms with Crippen LogP contribution in [0.3, 0.4) is 0 Å². The Bertz CT molecular complexity index is 1070. The van der Waals surface area contributed by atoms with Gasteiger partial charge in [-0.05, 0) is 36.4 Å². The number of ether oxygens (including phenoxy) is 1. The predicted octanol–water partition coefficient (Wildman–Crippen LogP) is 5.68. The van der Waals surface area contributed by atoms with Gasteiger partial charge >= 0.3 is 0 Å². The number of methoxy groups -OCH3 is 1. The Morgan fingerprint density at radius 2 is 1.81 bits per heavy atom. The maximum atomic E-state index is 6.07. The third-order valence-electron chi connectivity index (χ3n) is 3.93. The van der Waals surface area contributed by atoms with Gasteiger partial charge in [-0.3, -0.25) is 0 Å². The summed E-state index contributed by atoms with van der Waals surface area (Å²) in [5, 5.41) is 5.22. The van der Waals surface area contributed by atoms with Gasteiger partial charge in [0.05, 0.1) is 12.5 Å². The largest absolute Gasteiger partial charge is 0.497 e. The fraction of sp³-hybridized carbons (Fsp3) is 0.0526. The molecule has 0 saturated heterocycles. The number of hydrogen-bond donors (Lipinski definition) is 2. The Kier molecular flexibility index (Phi) is 4.41. The lowest BCUT2D eigenvalue weighted by atomic mass is 10.1. The summed E-state index contributed by atoms with van der Waals surface area (Å²) in [6.45, 7) is 0. The quantitative estimate of drug-likeness (QED) is 0.474. The summed E-state index contributed by atoms with van der Waals surface area (Å²) in [7, 11) is 1.65. The first kappa shape index (κ1) is 16.7. The number of hydrogen-bond acceptors (Lipinski definition) is 4. The van der Waals surface area contributed by atoms with Gasteiger partial charge in [0, 0.05) is 27.0 Å². The highest BCUT2D eigenvalue weighted by Gasteiger charge is 2.11. The summed E-state index contributed by atoms with van der Waals surface area (Å²) >= 11 is 12.1. The lowest BCUT2D eigenvalue weighted by molar-refractivity contribution is 0.415. The van der Waals surface area contributed by atoms with E-state index in [2.05, 4.69) is 20.3 Å². The highest BCUT2D eigenvalue weighted by atomic mass is 35.5. The number of halogens is 2. The zero-order valence-corrected chi connectivity index (χ0v) is 15.3. The number of nitrogens with one attached hydrogen (secondary N) is 2. The zero-order chi connectivity index (χ0) is 18.1. The summed E-state index contributed by atoms with van der Waals surface area (Å²) in [5.74, 6) is 1.46. The van der Waals surface area contributed by atoms with E-state index in [9.17, 15) is 0 Å². The van der Waals surface area contributed by atoms with Crippen LogP contribution >= 0.6 is 23.2 Å². The van der Waals surface area contributed by atoms with Crippen molar-refractivity contribution in [3.63, 3.8) is 0 Å². The number of aromatic nitrogens is 3. The normalized spacial score (nSPS) is 10.9. The van der Waals surface area contributed by atoms with Crippen LogP contribution in [0.1, 0.15) is 0 Å². The van der Waals surface area contributed by atoms with E-state index < -0.39 is 0 Å². The Morgan fingerprint density at radius 3 is 2.58 bits per heavy atom. The second kappa shape index (κ2) is 6.86. The minimum Gasteiger partial charge on any atom is -0.497 e. The van der Waals surface area contributed by atoms with Crippen molar-refractivity contribution >= 4 is 45.7 Å². The number of nitrogens with zero attached hydrogens (tertiary/aromatic N) is 2. The molecule has 2 N–H and O–H groups in total. The van der Waals surface area contributed by atoms with Gasteiger partial charge in [-0.25, -0.2) is 9.97 Å². The number of rotatable bonds is 4. The molecule has 0 radical (unpaired) electrons. The van der Waals surface area contributed by atoms with E-state index in [4.69, 9.17) is 27.9 Å². The molecular weight excluding hydrogens is 371 g/mol. The molecule has 0 saturated carbocycles. The van der Waals surface area contributed by atoms with Crippen molar-refractivity contribution in [1.82, 2.24) is 15.0 Å². The average molecular weight is 385 g/mol. The molecule has 0 fully saturated rings. The molecule has 0 atom stereocenters. The van der Waals surface area contributed by atoms with E-state index >= 15 is 0 Å². The molecule has 0 bridgehead atoms. The van der Waals surface area contributed by atoms with Crippen LogP contribution in [0.2, 0.25) is 10.0 Å². The standard InChI is InChI=1S/C19H14Cl2N4O/c1-26-15-4-2-3-11(5-15)17-9-16-18(22-10-23-19(16)25-17)24-14-7-12(20)6-13(21)8-14/h2-10H,1H3,(H2,22,23,24,25). The Morgan fingerprint density at radius 1 is 1.00 bits per heavy atom. The molecule has 4 rings (SSSR count). The SMILES string of the molecule is COc1cccc(-c2cc3c(Nc4cc(Cl)cc(Cl)c4)ncnc3[nH]2)c1. The Labute approximate surface area is 160 Å². The van der Waals surface area contributed by atoms with Crippen LogP contribution < -0.4 is 10.1 Å². The van der Waals surface area contributed by atoms with E-state index in [1.165, 1.54) is 6.33 Å². The van der Waals surface area contributed by atoms with Crippen molar-refractivity contribution in [1.29, 1.82) is 0 Å². The van der Waals surface area contributed by atoms with Crippen LogP contribution in [0, 0.1) is 0 Å². The van der Waals surface area contributed by atoms with Crippen molar-refractivity contribution in [2.75, 3.05) is 12.4 Å². The maximum absolute atomic E-state index is 6.07. The van der Waals surface area contributed by atoms with E-state index in [1.54, 1.807) is 25.3 Å². The van der Waals surface area contributed by atoms with E-state index in [0.717, 1.165) is 33.7 Å².